The molecule has 2 aromatic carbocycles. The second kappa shape index (κ2) is 8.08. The summed E-state index contributed by atoms with van der Waals surface area (Å²) in [5.74, 6) is -0.287. The number of imidazole rings is 1. The van der Waals surface area contributed by atoms with Gasteiger partial charge in [0.1, 0.15) is 5.82 Å². The number of carbonyl (C=O) groups is 2. The molecule has 4 aromatic rings. The van der Waals surface area contributed by atoms with Gasteiger partial charge in [0, 0.05) is 10.9 Å². The first-order valence-corrected chi connectivity index (χ1v) is 10.3. The van der Waals surface area contributed by atoms with Crippen LogP contribution in [-0.4, -0.2) is 32.9 Å². The predicted molar refractivity (Wildman–Crippen MR) is 117 cm³/mol. The van der Waals surface area contributed by atoms with Gasteiger partial charge in [-0.15, -0.1) is 11.3 Å². The zero-order valence-corrected chi connectivity index (χ0v) is 17.5. The fourth-order valence-corrected chi connectivity index (χ4v) is 3.58. The molecule has 0 aliphatic rings. The second-order valence-electron chi connectivity index (χ2n) is 7.01. The summed E-state index contributed by atoms with van der Waals surface area (Å²) >= 11 is 1.32. The number of aromatic nitrogens is 3. The molecular weight excluding hydrogens is 400 g/mol. The van der Waals surface area contributed by atoms with Gasteiger partial charge in [0.05, 0.1) is 22.3 Å². The molecule has 7 nitrogen and oxygen atoms in total. The summed E-state index contributed by atoms with van der Waals surface area (Å²) in [6.45, 7) is 5.39. The second-order valence-corrected chi connectivity index (χ2v) is 7.87. The largest absolute Gasteiger partial charge is 0.449 e. The number of fused-ring (bicyclic) bond motifs is 1. The van der Waals surface area contributed by atoms with Crippen molar-refractivity contribution in [2.75, 3.05) is 5.32 Å². The van der Waals surface area contributed by atoms with E-state index < -0.39 is 18.0 Å². The van der Waals surface area contributed by atoms with E-state index in [0.29, 0.717) is 10.7 Å². The van der Waals surface area contributed by atoms with E-state index >= 15 is 0 Å². The van der Waals surface area contributed by atoms with E-state index in [4.69, 9.17) is 4.74 Å². The van der Waals surface area contributed by atoms with Crippen molar-refractivity contribution in [3.05, 3.63) is 64.7 Å². The van der Waals surface area contributed by atoms with Crippen LogP contribution >= 0.6 is 11.3 Å². The Balaban J connectivity index is 1.47. The number of thiazole rings is 1. The van der Waals surface area contributed by atoms with Crippen LogP contribution in [0.15, 0.2) is 47.8 Å². The molecule has 152 valence electrons. The summed E-state index contributed by atoms with van der Waals surface area (Å²) in [4.78, 5) is 36.7. The van der Waals surface area contributed by atoms with Crippen LogP contribution in [0.25, 0.3) is 22.4 Å². The molecule has 1 atom stereocenters. The van der Waals surface area contributed by atoms with Crippen LogP contribution < -0.4 is 5.32 Å². The van der Waals surface area contributed by atoms with Crippen LogP contribution in [0.1, 0.15) is 28.5 Å². The van der Waals surface area contributed by atoms with Crippen molar-refractivity contribution >= 4 is 39.4 Å². The summed E-state index contributed by atoms with van der Waals surface area (Å²) in [5, 5.41) is 4.95. The Kier molecular flexibility index (Phi) is 5.33. The molecule has 0 fully saturated rings. The Bertz CT molecular complexity index is 1230. The maximum atomic E-state index is 12.5. The first-order chi connectivity index (χ1) is 14.4. The molecule has 0 aliphatic heterocycles. The Morgan fingerprint density at radius 3 is 2.57 bits per heavy atom. The standard InChI is InChI=1S/C22H20N4O3S/c1-12-4-6-15(7-5-12)19-24-17-9-8-16(10-18(17)25-19)21(28)29-14(3)20(27)26-22-23-13(2)11-30-22/h4-11,14H,1-3H3,(H,24,25)(H,23,26,27). The summed E-state index contributed by atoms with van der Waals surface area (Å²) in [7, 11) is 0. The monoisotopic (exact) mass is 420 g/mol. The summed E-state index contributed by atoms with van der Waals surface area (Å²) < 4.78 is 5.32. The maximum Gasteiger partial charge on any atom is 0.338 e. The number of amides is 1. The third-order valence-corrected chi connectivity index (χ3v) is 5.42. The first kappa shape index (κ1) is 19.8. The van der Waals surface area contributed by atoms with Crippen molar-refractivity contribution < 1.29 is 14.3 Å². The molecule has 0 bridgehead atoms. The van der Waals surface area contributed by atoms with Crippen molar-refractivity contribution in [3.8, 4) is 11.4 Å². The van der Waals surface area contributed by atoms with Gasteiger partial charge in [-0.25, -0.2) is 14.8 Å². The fourth-order valence-electron chi connectivity index (χ4n) is 2.89. The average Bonchev–Trinajstić information content (AvgIpc) is 3.33. The lowest BCUT2D eigenvalue weighted by molar-refractivity contribution is -0.123. The van der Waals surface area contributed by atoms with E-state index in [2.05, 4.69) is 20.3 Å². The van der Waals surface area contributed by atoms with Crippen LogP contribution in [0.4, 0.5) is 5.13 Å². The van der Waals surface area contributed by atoms with Crippen molar-refractivity contribution in [2.24, 2.45) is 0 Å². The molecule has 30 heavy (non-hydrogen) atoms. The highest BCUT2D eigenvalue weighted by molar-refractivity contribution is 7.13. The number of H-pyrrole nitrogens is 1. The quantitative estimate of drug-likeness (QED) is 0.464. The van der Waals surface area contributed by atoms with Crippen LogP contribution in [0.5, 0.6) is 0 Å². The number of benzene rings is 2. The summed E-state index contributed by atoms with van der Waals surface area (Å²) in [6.07, 6.45) is -0.956. The molecule has 1 amide bonds. The number of hydrogen-bond donors (Lipinski definition) is 2. The number of nitrogens with one attached hydrogen (secondary N) is 2. The van der Waals surface area contributed by atoms with Crippen molar-refractivity contribution in [2.45, 2.75) is 26.9 Å². The first-order valence-electron chi connectivity index (χ1n) is 9.40. The van der Waals surface area contributed by atoms with Crippen LogP contribution in [-0.2, 0) is 9.53 Å². The molecule has 0 spiro atoms. The molecule has 4 rings (SSSR count). The lowest BCUT2D eigenvalue weighted by Crippen LogP contribution is -2.30. The number of aromatic amines is 1. The Morgan fingerprint density at radius 2 is 1.87 bits per heavy atom. The van der Waals surface area contributed by atoms with Crippen molar-refractivity contribution in [3.63, 3.8) is 0 Å². The molecule has 8 heteroatoms. The maximum absolute atomic E-state index is 12.5. The van der Waals surface area contributed by atoms with Crippen molar-refractivity contribution in [1.82, 2.24) is 15.0 Å². The van der Waals surface area contributed by atoms with E-state index in [9.17, 15) is 9.59 Å². The van der Waals surface area contributed by atoms with Gasteiger partial charge >= 0.3 is 5.97 Å². The van der Waals surface area contributed by atoms with Gasteiger partial charge in [0.15, 0.2) is 11.2 Å². The number of anilines is 1. The molecule has 0 saturated carbocycles. The molecule has 0 aliphatic carbocycles. The number of rotatable bonds is 5. The highest BCUT2D eigenvalue weighted by atomic mass is 32.1. The number of aryl methyl sites for hydroxylation is 2. The average molecular weight is 420 g/mol. The van der Waals surface area contributed by atoms with Gasteiger partial charge in [-0.3, -0.25) is 10.1 Å². The summed E-state index contributed by atoms with van der Waals surface area (Å²) in [5.41, 5.74) is 4.75. The van der Waals surface area contributed by atoms with Gasteiger partial charge < -0.3 is 9.72 Å². The van der Waals surface area contributed by atoms with Gasteiger partial charge in [-0.05, 0) is 39.0 Å². The number of esters is 1. The highest BCUT2D eigenvalue weighted by Gasteiger charge is 2.20. The van der Waals surface area contributed by atoms with E-state index in [-0.39, 0.29) is 0 Å². The SMILES string of the molecule is Cc1ccc(-c2nc3ccc(C(=O)OC(C)C(=O)Nc4nc(C)cs4)cc3[nH]2)cc1. The van der Waals surface area contributed by atoms with Gasteiger partial charge in [0.25, 0.3) is 5.91 Å². The van der Waals surface area contributed by atoms with Crippen LogP contribution in [0.3, 0.4) is 0 Å². The lowest BCUT2D eigenvalue weighted by Gasteiger charge is -2.12. The number of nitrogens with zero attached hydrogens (tertiary/aromatic N) is 2. The fraction of sp³-hybridized carbons (Fsp3) is 0.182. The van der Waals surface area contributed by atoms with Crippen molar-refractivity contribution in [1.29, 1.82) is 0 Å². The Labute approximate surface area is 177 Å². The van der Waals surface area contributed by atoms with Crippen LogP contribution in [0, 0.1) is 13.8 Å². The number of ether oxygens (including phenoxy) is 1. The Hall–Kier alpha value is -3.52. The number of hydrogen-bond acceptors (Lipinski definition) is 6. The third-order valence-electron chi connectivity index (χ3n) is 4.54. The normalized spacial score (nSPS) is 12.0. The van der Waals surface area contributed by atoms with Gasteiger partial charge in [0.2, 0.25) is 0 Å². The molecular formula is C22H20N4O3S. The summed E-state index contributed by atoms with van der Waals surface area (Å²) in [6, 6.07) is 13.1. The minimum atomic E-state index is -0.956. The zero-order chi connectivity index (χ0) is 21.3. The van der Waals surface area contributed by atoms with Gasteiger partial charge in [-0.2, -0.15) is 0 Å². The molecule has 2 N–H and O–H groups in total. The third kappa shape index (κ3) is 4.23. The molecule has 2 heterocycles. The molecule has 2 aromatic heterocycles. The predicted octanol–water partition coefficient (Wildman–Crippen LogP) is 4.49. The van der Waals surface area contributed by atoms with E-state index in [1.165, 1.54) is 23.8 Å². The van der Waals surface area contributed by atoms with E-state index in [1.807, 2.05) is 43.5 Å². The molecule has 0 radical (unpaired) electrons. The molecule has 1 unspecified atom stereocenters. The van der Waals surface area contributed by atoms with E-state index in [0.717, 1.165) is 28.1 Å². The molecule has 0 saturated heterocycles. The van der Waals surface area contributed by atoms with Gasteiger partial charge in [-0.1, -0.05) is 29.8 Å². The smallest absolute Gasteiger partial charge is 0.338 e. The Morgan fingerprint density at radius 1 is 1.10 bits per heavy atom. The minimum Gasteiger partial charge on any atom is -0.449 e. The minimum absolute atomic E-state index is 0.339. The number of carbonyl (C=O) groups excluding carboxylic acids is 2. The lowest BCUT2D eigenvalue weighted by atomic mass is 10.1. The van der Waals surface area contributed by atoms with E-state index in [1.54, 1.807) is 18.2 Å². The van der Waals surface area contributed by atoms with Crippen LogP contribution in [0.2, 0.25) is 0 Å². The highest BCUT2D eigenvalue weighted by Crippen LogP contribution is 2.22. The zero-order valence-electron chi connectivity index (χ0n) is 16.7. The topological polar surface area (TPSA) is 97.0 Å².